The fraction of sp³-hybridized carbons (Fsp3) is 0.200. The van der Waals surface area contributed by atoms with Crippen LogP contribution in [0.1, 0.15) is 12.0 Å². The number of ether oxygens (including phenoxy) is 1. The van der Waals surface area contributed by atoms with Gasteiger partial charge in [-0.25, -0.2) is 0 Å². The summed E-state index contributed by atoms with van der Waals surface area (Å²) < 4.78 is 6.99. The Kier molecular flexibility index (Phi) is 4.80. The second kappa shape index (κ2) is 6.78. The van der Waals surface area contributed by atoms with Crippen LogP contribution in [0.5, 0.6) is 5.75 Å². The molecule has 1 aromatic carbocycles. The van der Waals surface area contributed by atoms with E-state index in [1.165, 1.54) is 4.57 Å². The molecule has 1 heterocycles. The van der Waals surface area contributed by atoms with Gasteiger partial charge in [-0.15, -0.1) is 0 Å². The molecule has 0 amide bonds. The number of nitrogens with zero attached hydrogens (tertiary/aromatic N) is 2. The Morgan fingerprint density at radius 2 is 2.05 bits per heavy atom. The van der Waals surface area contributed by atoms with Crippen LogP contribution >= 0.6 is 11.6 Å². The van der Waals surface area contributed by atoms with Crippen LogP contribution in [0.4, 0.5) is 0 Å². The number of aromatic nitrogens is 1. The number of aryl methyl sites for hydroxylation is 1. The van der Waals surface area contributed by atoms with Gasteiger partial charge in [0.05, 0.1) is 12.5 Å². The summed E-state index contributed by atoms with van der Waals surface area (Å²) in [6.45, 7) is 0.593. The van der Waals surface area contributed by atoms with Crippen molar-refractivity contribution >= 4 is 11.6 Å². The van der Waals surface area contributed by atoms with Gasteiger partial charge in [-0.05, 0) is 18.2 Å². The van der Waals surface area contributed by atoms with Crippen molar-refractivity contribution in [2.75, 3.05) is 0 Å². The first-order valence-electron chi connectivity index (χ1n) is 6.15. The first kappa shape index (κ1) is 14.2. The summed E-state index contributed by atoms with van der Waals surface area (Å²) in [7, 11) is 0. The lowest BCUT2D eigenvalue weighted by atomic mass is 10.2. The summed E-state index contributed by atoms with van der Waals surface area (Å²) in [5.41, 5.74) is 0.579. The Balaban J connectivity index is 2.13. The second-order valence-corrected chi connectivity index (χ2v) is 4.57. The van der Waals surface area contributed by atoms with Crippen LogP contribution in [0, 0.1) is 11.3 Å². The van der Waals surface area contributed by atoms with E-state index in [2.05, 4.69) is 0 Å². The van der Waals surface area contributed by atoms with E-state index in [0.29, 0.717) is 11.6 Å². The molecule has 20 heavy (non-hydrogen) atoms. The predicted molar refractivity (Wildman–Crippen MR) is 76.7 cm³/mol. The summed E-state index contributed by atoms with van der Waals surface area (Å²) >= 11 is 6.03. The minimum Gasteiger partial charge on any atom is -0.483 e. The van der Waals surface area contributed by atoms with Crippen LogP contribution in [-0.4, -0.2) is 4.57 Å². The van der Waals surface area contributed by atoms with Gasteiger partial charge in [-0.2, -0.15) is 5.26 Å². The molecular weight excluding hydrogens is 276 g/mol. The fourth-order valence-corrected chi connectivity index (χ4v) is 1.93. The van der Waals surface area contributed by atoms with Gasteiger partial charge in [-0.1, -0.05) is 29.8 Å². The molecule has 2 aromatic rings. The minimum atomic E-state index is -0.241. The van der Waals surface area contributed by atoms with E-state index in [0.717, 1.165) is 5.56 Å². The van der Waals surface area contributed by atoms with Crippen LogP contribution < -0.4 is 10.3 Å². The van der Waals surface area contributed by atoms with Gasteiger partial charge in [-0.3, -0.25) is 4.79 Å². The highest BCUT2D eigenvalue weighted by Gasteiger charge is 2.06. The monoisotopic (exact) mass is 288 g/mol. The van der Waals surface area contributed by atoms with Crippen molar-refractivity contribution in [3.63, 3.8) is 0 Å². The maximum atomic E-state index is 12.1. The molecule has 102 valence electrons. The molecular formula is C15H13ClN2O2. The van der Waals surface area contributed by atoms with Crippen LogP contribution in [0.3, 0.4) is 0 Å². The maximum absolute atomic E-state index is 12.1. The molecule has 0 radical (unpaired) electrons. The molecule has 0 N–H and O–H groups in total. The van der Waals surface area contributed by atoms with Gasteiger partial charge in [0.2, 0.25) is 0 Å². The van der Waals surface area contributed by atoms with Crippen LogP contribution in [-0.2, 0) is 13.2 Å². The Hall–Kier alpha value is -2.25. The number of rotatable bonds is 5. The third-order valence-corrected chi connectivity index (χ3v) is 3.16. The third kappa shape index (κ3) is 3.40. The van der Waals surface area contributed by atoms with Gasteiger partial charge < -0.3 is 9.30 Å². The van der Waals surface area contributed by atoms with Crippen molar-refractivity contribution in [1.82, 2.24) is 4.57 Å². The van der Waals surface area contributed by atoms with Crippen molar-refractivity contribution in [1.29, 1.82) is 5.26 Å². The van der Waals surface area contributed by atoms with Gasteiger partial charge >= 0.3 is 0 Å². The summed E-state index contributed by atoms with van der Waals surface area (Å²) in [6.07, 6.45) is 1.93. The molecule has 4 nitrogen and oxygen atoms in total. The first-order valence-corrected chi connectivity index (χ1v) is 6.53. The van der Waals surface area contributed by atoms with Gasteiger partial charge in [0.25, 0.3) is 5.56 Å². The molecule has 0 saturated carbocycles. The maximum Gasteiger partial charge on any atom is 0.292 e. The Labute approximate surface area is 121 Å². The Morgan fingerprint density at radius 3 is 2.80 bits per heavy atom. The summed E-state index contributed by atoms with van der Waals surface area (Å²) in [5.74, 6) is 0.255. The van der Waals surface area contributed by atoms with Gasteiger partial charge in [0.1, 0.15) is 6.61 Å². The average Bonchev–Trinajstić information content (AvgIpc) is 2.46. The number of hydrogen-bond acceptors (Lipinski definition) is 3. The van der Waals surface area contributed by atoms with E-state index < -0.39 is 0 Å². The van der Waals surface area contributed by atoms with Gasteiger partial charge in [0.15, 0.2) is 5.75 Å². The first-order chi connectivity index (χ1) is 9.72. The third-order valence-electron chi connectivity index (χ3n) is 2.79. The number of hydrogen-bond donors (Lipinski definition) is 0. The summed E-state index contributed by atoms with van der Waals surface area (Å²) in [4.78, 5) is 12.1. The van der Waals surface area contributed by atoms with E-state index in [1.54, 1.807) is 24.4 Å². The van der Waals surface area contributed by atoms with E-state index in [1.807, 2.05) is 24.3 Å². The molecule has 0 aliphatic carbocycles. The lowest BCUT2D eigenvalue weighted by Gasteiger charge is -2.09. The highest BCUT2D eigenvalue weighted by molar-refractivity contribution is 6.31. The largest absolute Gasteiger partial charge is 0.483 e. The number of benzene rings is 1. The zero-order valence-corrected chi connectivity index (χ0v) is 11.5. The fourth-order valence-electron chi connectivity index (χ4n) is 1.74. The van der Waals surface area contributed by atoms with Crippen molar-refractivity contribution < 1.29 is 4.74 Å². The van der Waals surface area contributed by atoms with Gasteiger partial charge in [0, 0.05) is 23.3 Å². The molecule has 0 saturated heterocycles. The smallest absolute Gasteiger partial charge is 0.292 e. The molecule has 0 fully saturated rings. The zero-order chi connectivity index (χ0) is 14.4. The van der Waals surface area contributed by atoms with Crippen LogP contribution in [0.15, 0.2) is 47.4 Å². The van der Waals surface area contributed by atoms with Crippen molar-refractivity contribution in [2.45, 2.75) is 19.6 Å². The van der Waals surface area contributed by atoms with E-state index in [4.69, 9.17) is 21.6 Å². The van der Waals surface area contributed by atoms with Crippen molar-refractivity contribution in [2.24, 2.45) is 0 Å². The van der Waals surface area contributed by atoms with E-state index in [9.17, 15) is 4.79 Å². The summed E-state index contributed by atoms with van der Waals surface area (Å²) in [6, 6.07) is 12.7. The topological polar surface area (TPSA) is 55.0 Å². The van der Waals surface area contributed by atoms with Crippen molar-refractivity contribution in [3.05, 3.63) is 63.5 Å². The minimum absolute atomic E-state index is 0.233. The molecule has 0 unspecified atom stereocenters. The second-order valence-electron chi connectivity index (χ2n) is 4.16. The lowest BCUT2D eigenvalue weighted by molar-refractivity contribution is 0.299. The SMILES string of the molecule is N#CCCn1cccc(OCc2ccccc2Cl)c1=O. The molecule has 5 heteroatoms. The Morgan fingerprint density at radius 1 is 1.25 bits per heavy atom. The molecule has 0 spiro atoms. The standard InChI is InChI=1S/C15H13ClN2O2/c16-13-6-2-1-5-12(13)11-20-14-7-3-9-18(15(14)19)10-4-8-17/h1-3,5-7,9H,4,10-11H2. The molecule has 1 aromatic heterocycles. The number of halogens is 1. The number of nitriles is 1. The summed E-state index contributed by atoms with van der Waals surface area (Å²) in [5, 5.41) is 9.16. The van der Waals surface area contributed by atoms with Crippen LogP contribution in [0.25, 0.3) is 0 Å². The Bertz CT molecular complexity index is 689. The zero-order valence-electron chi connectivity index (χ0n) is 10.8. The van der Waals surface area contributed by atoms with E-state index in [-0.39, 0.29) is 24.3 Å². The van der Waals surface area contributed by atoms with Crippen molar-refractivity contribution in [3.8, 4) is 11.8 Å². The highest BCUT2D eigenvalue weighted by Crippen LogP contribution is 2.16. The molecule has 0 aliphatic rings. The van der Waals surface area contributed by atoms with E-state index >= 15 is 0 Å². The lowest BCUT2D eigenvalue weighted by Crippen LogP contribution is -2.21. The molecule has 2 rings (SSSR count). The molecule has 0 aliphatic heterocycles. The van der Waals surface area contributed by atoms with Crippen LogP contribution in [0.2, 0.25) is 5.02 Å². The highest BCUT2D eigenvalue weighted by atomic mass is 35.5. The molecule has 0 atom stereocenters. The predicted octanol–water partition coefficient (Wildman–Crippen LogP) is 2.99. The molecule has 0 bridgehead atoms. The average molecular weight is 289 g/mol. The normalized spacial score (nSPS) is 10.0. The quantitative estimate of drug-likeness (QED) is 0.850. The number of pyridine rings is 1.